The Morgan fingerprint density at radius 3 is 2.32 bits per heavy atom. The van der Waals surface area contributed by atoms with Gasteiger partial charge in [0, 0.05) is 55.1 Å². The molecule has 0 saturated carbocycles. The van der Waals surface area contributed by atoms with Gasteiger partial charge in [0.15, 0.2) is 0 Å². The second-order valence-electron chi connectivity index (χ2n) is 10.8. The van der Waals surface area contributed by atoms with E-state index in [1.165, 1.54) is 11.5 Å². The van der Waals surface area contributed by atoms with Crippen LogP contribution in [0.3, 0.4) is 0 Å². The Balaban J connectivity index is 2.00. The number of amides is 1. The summed E-state index contributed by atoms with van der Waals surface area (Å²) in [7, 11) is 3.80. The first-order chi connectivity index (χ1) is 18.0. The molecule has 3 aromatic rings. The molecular weight excluding hydrogens is 478 g/mol. The highest BCUT2D eigenvalue weighted by molar-refractivity contribution is 5.83. The number of aryl methyl sites for hydroxylation is 2. The van der Waals surface area contributed by atoms with Crippen molar-refractivity contribution in [2.24, 2.45) is 5.92 Å². The van der Waals surface area contributed by atoms with Crippen molar-refractivity contribution >= 4 is 11.7 Å². The van der Waals surface area contributed by atoms with Crippen molar-refractivity contribution in [3.63, 3.8) is 0 Å². The van der Waals surface area contributed by atoms with Crippen LogP contribution in [0.4, 0.5) is 0 Å². The topological polar surface area (TPSA) is 97.2 Å². The fourth-order valence-corrected chi connectivity index (χ4v) is 4.81. The Morgan fingerprint density at radius 2 is 1.71 bits per heavy atom. The Kier molecular flexibility index (Phi) is 9.69. The third kappa shape index (κ3) is 7.22. The van der Waals surface area contributed by atoms with Crippen molar-refractivity contribution in [2.75, 3.05) is 14.1 Å². The van der Waals surface area contributed by atoms with Gasteiger partial charge in [0.25, 0.3) is 5.56 Å². The average Bonchev–Trinajstić information content (AvgIpc) is 2.83. The van der Waals surface area contributed by atoms with E-state index in [0.717, 1.165) is 27.8 Å². The molecule has 2 atom stereocenters. The Labute approximate surface area is 225 Å². The number of carbonyl (C=O) groups excluding carboxylic acids is 2. The number of Topliss-reactive ketones (excluding diaryl/α,β-unsaturated/α-hetero) is 1. The van der Waals surface area contributed by atoms with Gasteiger partial charge in [0.1, 0.15) is 11.8 Å². The zero-order chi connectivity index (χ0) is 28.0. The first-order valence-electron chi connectivity index (χ1n) is 13.0. The van der Waals surface area contributed by atoms with Gasteiger partial charge in [0.05, 0.1) is 6.04 Å². The van der Waals surface area contributed by atoms with E-state index < -0.39 is 12.1 Å². The maximum Gasteiger partial charge on any atom is 0.255 e. The van der Waals surface area contributed by atoms with E-state index in [9.17, 15) is 14.4 Å². The molecule has 8 nitrogen and oxygen atoms in total. The van der Waals surface area contributed by atoms with E-state index in [-0.39, 0.29) is 29.6 Å². The van der Waals surface area contributed by atoms with Gasteiger partial charge in [-0.25, -0.2) is 0 Å². The van der Waals surface area contributed by atoms with Gasteiger partial charge in [-0.3, -0.25) is 24.4 Å². The molecule has 0 fully saturated rings. The first-order valence-corrected chi connectivity index (χ1v) is 13.0. The molecule has 0 aromatic carbocycles. The van der Waals surface area contributed by atoms with E-state index in [4.69, 9.17) is 0 Å². The summed E-state index contributed by atoms with van der Waals surface area (Å²) in [6, 6.07) is 4.28. The first kappa shape index (κ1) is 28.9. The largest absolute Gasteiger partial charge is 0.347 e. The predicted molar refractivity (Wildman–Crippen MR) is 150 cm³/mol. The zero-order valence-corrected chi connectivity index (χ0v) is 23.5. The minimum Gasteiger partial charge on any atom is -0.347 e. The molecule has 8 heteroatoms. The summed E-state index contributed by atoms with van der Waals surface area (Å²) < 4.78 is 1.53. The molecule has 3 rings (SSSR count). The predicted octanol–water partition coefficient (Wildman–Crippen LogP) is 4.41. The molecule has 3 aromatic heterocycles. The highest BCUT2D eigenvalue weighted by Crippen LogP contribution is 2.29. The van der Waals surface area contributed by atoms with Gasteiger partial charge in [-0.05, 0) is 81.6 Å². The molecule has 0 saturated heterocycles. The Hall–Kier alpha value is -3.65. The second kappa shape index (κ2) is 12.7. The lowest BCUT2D eigenvalue weighted by Gasteiger charge is -2.26. The normalized spacial score (nSPS) is 13.0. The third-order valence-electron chi connectivity index (χ3n) is 6.46. The maximum atomic E-state index is 13.8. The minimum atomic E-state index is -0.708. The molecule has 0 radical (unpaired) electrons. The summed E-state index contributed by atoms with van der Waals surface area (Å²) in [6.45, 7) is 10.0. The Morgan fingerprint density at radius 1 is 1.05 bits per heavy atom. The van der Waals surface area contributed by atoms with Crippen LogP contribution in [0.2, 0.25) is 0 Å². The second-order valence-corrected chi connectivity index (χ2v) is 10.8. The number of aromatic nitrogens is 3. The van der Waals surface area contributed by atoms with Crippen LogP contribution in [0, 0.1) is 19.8 Å². The van der Waals surface area contributed by atoms with Gasteiger partial charge >= 0.3 is 0 Å². The molecule has 1 N–H and O–H groups in total. The number of hydrogen-bond donors (Lipinski definition) is 1. The molecule has 0 aliphatic heterocycles. The smallest absolute Gasteiger partial charge is 0.255 e. The number of ketones is 1. The average molecular weight is 518 g/mol. The molecule has 38 heavy (non-hydrogen) atoms. The number of pyridine rings is 3. The monoisotopic (exact) mass is 517 g/mol. The zero-order valence-electron chi connectivity index (χ0n) is 23.5. The van der Waals surface area contributed by atoms with E-state index in [0.29, 0.717) is 18.5 Å². The van der Waals surface area contributed by atoms with Gasteiger partial charge in [0.2, 0.25) is 5.91 Å². The lowest BCUT2D eigenvalue weighted by Crippen LogP contribution is -2.41. The lowest BCUT2D eigenvalue weighted by molar-refractivity contribution is -0.126. The van der Waals surface area contributed by atoms with Crippen molar-refractivity contribution in [3.8, 4) is 11.1 Å². The molecule has 202 valence electrons. The van der Waals surface area contributed by atoms with Crippen LogP contribution < -0.4 is 10.9 Å². The number of nitrogens with one attached hydrogen (secondary N) is 1. The standard InChI is InChI=1S/C30H39N5O3/c1-19(2)11-27(35-10-8-9-23(30(35)38)18-34(6)7)29(37)33-26(12-22(5)36)24-13-25(17-32-16-24)28-20(3)14-31-15-21(28)4/h8-10,13-17,19,26-27H,11-12,18H2,1-7H3,(H,33,37)/t26-,27-/m0/s1. The van der Waals surface area contributed by atoms with Crippen LogP contribution in [0.5, 0.6) is 0 Å². The van der Waals surface area contributed by atoms with Crippen molar-refractivity contribution in [1.82, 2.24) is 24.8 Å². The summed E-state index contributed by atoms with van der Waals surface area (Å²) in [5, 5.41) is 3.08. The molecular formula is C30H39N5O3. The number of rotatable bonds is 11. The van der Waals surface area contributed by atoms with Gasteiger partial charge in [-0.2, -0.15) is 0 Å². The van der Waals surface area contributed by atoms with Crippen molar-refractivity contribution in [2.45, 2.75) is 66.1 Å². The molecule has 0 aliphatic rings. The summed E-state index contributed by atoms with van der Waals surface area (Å²) in [5.41, 5.74) is 5.14. The third-order valence-corrected chi connectivity index (χ3v) is 6.46. The van der Waals surface area contributed by atoms with Crippen LogP contribution in [0.15, 0.2) is 54.0 Å². The summed E-state index contributed by atoms with van der Waals surface area (Å²) in [5.74, 6) is -0.178. The van der Waals surface area contributed by atoms with Gasteiger partial charge < -0.3 is 14.8 Å². The van der Waals surface area contributed by atoms with Crippen LogP contribution in [-0.4, -0.2) is 45.2 Å². The Bertz CT molecular complexity index is 1330. The molecule has 0 aliphatic carbocycles. The molecule has 1 amide bonds. The van der Waals surface area contributed by atoms with Gasteiger partial charge in [-0.15, -0.1) is 0 Å². The fourth-order valence-electron chi connectivity index (χ4n) is 4.81. The summed E-state index contributed by atoms with van der Waals surface area (Å²) in [4.78, 5) is 50.0. The number of carbonyl (C=O) groups is 2. The van der Waals surface area contributed by atoms with E-state index >= 15 is 0 Å². The molecule has 3 heterocycles. The van der Waals surface area contributed by atoms with Crippen LogP contribution in [-0.2, 0) is 16.1 Å². The highest BCUT2D eigenvalue weighted by atomic mass is 16.2. The van der Waals surface area contributed by atoms with E-state index in [1.807, 2.05) is 65.2 Å². The van der Waals surface area contributed by atoms with Crippen LogP contribution in [0.25, 0.3) is 11.1 Å². The van der Waals surface area contributed by atoms with Crippen molar-refractivity contribution in [3.05, 3.63) is 81.8 Å². The molecule has 0 bridgehead atoms. The number of hydrogen-bond acceptors (Lipinski definition) is 6. The molecule has 0 unspecified atom stereocenters. The molecule has 0 spiro atoms. The summed E-state index contributed by atoms with van der Waals surface area (Å²) in [6.07, 6.45) is 9.36. The highest BCUT2D eigenvalue weighted by Gasteiger charge is 2.27. The maximum absolute atomic E-state index is 13.8. The van der Waals surface area contributed by atoms with E-state index in [1.54, 1.807) is 30.7 Å². The van der Waals surface area contributed by atoms with Crippen molar-refractivity contribution < 1.29 is 9.59 Å². The van der Waals surface area contributed by atoms with Crippen LogP contribution >= 0.6 is 0 Å². The van der Waals surface area contributed by atoms with Crippen LogP contribution in [0.1, 0.15) is 68.0 Å². The lowest BCUT2D eigenvalue weighted by atomic mass is 9.95. The SMILES string of the molecule is CC(=O)C[C@H](NC(=O)[C@H](CC(C)C)n1cccc(CN(C)C)c1=O)c1cncc(-c2c(C)cncc2C)c1. The van der Waals surface area contributed by atoms with E-state index in [2.05, 4.69) is 15.3 Å². The van der Waals surface area contributed by atoms with Gasteiger partial charge in [-0.1, -0.05) is 19.9 Å². The number of nitrogens with zero attached hydrogens (tertiary/aromatic N) is 4. The van der Waals surface area contributed by atoms with Crippen molar-refractivity contribution in [1.29, 1.82) is 0 Å². The minimum absolute atomic E-state index is 0.0532. The summed E-state index contributed by atoms with van der Waals surface area (Å²) >= 11 is 0. The quantitative estimate of drug-likeness (QED) is 0.405. The fraction of sp³-hybridized carbons (Fsp3) is 0.433.